The molecule has 1 saturated heterocycles. The smallest absolute Gasteiger partial charge is 0.150 e. The number of rotatable bonds is 2. The molecule has 2 aromatic rings. The maximum absolute atomic E-state index is 5.60. The van der Waals surface area contributed by atoms with Crippen LogP contribution in [0.2, 0.25) is 0 Å². The zero-order valence-corrected chi connectivity index (χ0v) is 10.9. The summed E-state index contributed by atoms with van der Waals surface area (Å²) in [5, 5.41) is 4.38. The highest BCUT2D eigenvalue weighted by atomic mass is 79.9. The van der Waals surface area contributed by atoms with E-state index in [9.17, 15) is 0 Å². The average Bonchev–Trinajstić information content (AvgIpc) is 3.00. The Labute approximate surface area is 109 Å². The Morgan fingerprint density at radius 3 is 2.76 bits per heavy atom. The molecular weight excluding hydrogens is 280 g/mol. The summed E-state index contributed by atoms with van der Waals surface area (Å²) in [6, 6.07) is 8.25. The lowest BCUT2D eigenvalue weighted by Crippen LogP contribution is -2.06. The van der Waals surface area contributed by atoms with Gasteiger partial charge in [-0.15, -0.1) is 0 Å². The first kappa shape index (κ1) is 11.0. The quantitative estimate of drug-likeness (QED) is 0.845. The molecule has 0 N–H and O–H groups in total. The van der Waals surface area contributed by atoms with Gasteiger partial charge in [-0.1, -0.05) is 28.1 Å². The Morgan fingerprint density at radius 2 is 2.06 bits per heavy atom. The van der Waals surface area contributed by atoms with Gasteiger partial charge in [-0.2, -0.15) is 5.10 Å². The molecule has 3 nitrogen and oxygen atoms in total. The predicted octanol–water partition coefficient (Wildman–Crippen LogP) is 3.62. The minimum Gasteiger partial charge on any atom is -0.357 e. The highest BCUT2D eigenvalue weighted by Crippen LogP contribution is 2.26. The monoisotopic (exact) mass is 292 g/mol. The van der Waals surface area contributed by atoms with Crippen LogP contribution in [0.1, 0.15) is 19.1 Å². The van der Waals surface area contributed by atoms with Crippen molar-refractivity contribution < 1.29 is 4.74 Å². The molecule has 3 rings (SSSR count). The van der Waals surface area contributed by atoms with E-state index in [1.165, 1.54) is 5.56 Å². The number of hydrogen-bond donors (Lipinski definition) is 0. The molecule has 0 bridgehead atoms. The highest BCUT2D eigenvalue weighted by Gasteiger charge is 2.18. The fraction of sp³-hybridized carbons (Fsp3) is 0.308. The van der Waals surface area contributed by atoms with Gasteiger partial charge >= 0.3 is 0 Å². The highest BCUT2D eigenvalue weighted by molar-refractivity contribution is 9.10. The summed E-state index contributed by atoms with van der Waals surface area (Å²) in [5.74, 6) is 0. The molecule has 1 atom stereocenters. The third kappa shape index (κ3) is 2.28. The second-order valence-electron chi connectivity index (χ2n) is 4.18. The van der Waals surface area contributed by atoms with Crippen LogP contribution in [0, 0.1) is 0 Å². The summed E-state index contributed by atoms with van der Waals surface area (Å²) in [4.78, 5) is 0. The molecule has 0 saturated carbocycles. The third-order valence-electron chi connectivity index (χ3n) is 2.98. The van der Waals surface area contributed by atoms with E-state index in [-0.39, 0.29) is 6.23 Å². The maximum Gasteiger partial charge on any atom is 0.150 e. The fourth-order valence-corrected chi connectivity index (χ4v) is 2.32. The second kappa shape index (κ2) is 4.63. The minimum absolute atomic E-state index is 0.124. The Kier molecular flexibility index (Phi) is 2.99. The lowest BCUT2D eigenvalue weighted by atomic mass is 10.1. The molecular formula is C13H13BrN2O. The largest absolute Gasteiger partial charge is 0.357 e. The molecule has 1 unspecified atom stereocenters. The number of hydrogen-bond acceptors (Lipinski definition) is 2. The summed E-state index contributed by atoms with van der Waals surface area (Å²) >= 11 is 3.44. The molecule has 1 aromatic carbocycles. The van der Waals surface area contributed by atoms with Gasteiger partial charge in [0.05, 0.1) is 6.20 Å². The standard InChI is InChI=1S/C13H13BrN2O/c14-12-5-3-10(4-6-12)11-8-15-16(9-11)13-2-1-7-17-13/h3-6,8-9,13H,1-2,7H2. The Morgan fingerprint density at radius 1 is 1.24 bits per heavy atom. The average molecular weight is 293 g/mol. The second-order valence-corrected chi connectivity index (χ2v) is 5.10. The fourth-order valence-electron chi connectivity index (χ4n) is 2.06. The first-order chi connectivity index (χ1) is 8.33. The zero-order chi connectivity index (χ0) is 11.7. The van der Waals surface area contributed by atoms with Crippen LogP contribution in [-0.4, -0.2) is 16.4 Å². The topological polar surface area (TPSA) is 27.1 Å². The maximum atomic E-state index is 5.60. The summed E-state index contributed by atoms with van der Waals surface area (Å²) in [7, 11) is 0. The first-order valence-corrected chi connectivity index (χ1v) is 6.54. The van der Waals surface area contributed by atoms with Gasteiger partial charge in [-0.3, -0.25) is 0 Å². The van der Waals surface area contributed by atoms with Crippen molar-refractivity contribution in [2.24, 2.45) is 0 Å². The number of ether oxygens (including phenoxy) is 1. The predicted molar refractivity (Wildman–Crippen MR) is 69.6 cm³/mol. The number of aromatic nitrogens is 2. The van der Waals surface area contributed by atoms with E-state index in [1.807, 2.05) is 23.0 Å². The van der Waals surface area contributed by atoms with Crippen LogP contribution in [-0.2, 0) is 4.74 Å². The Balaban J connectivity index is 1.86. The molecule has 88 valence electrons. The van der Waals surface area contributed by atoms with Gasteiger partial charge in [0.25, 0.3) is 0 Å². The Hall–Kier alpha value is -1.13. The molecule has 0 radical (unpaired) electrons. The van der Waals surface area contributed by atoms with Crippen molar-refractivity contribution in [1.29, 1.82) is 0 Å². The number of nitrogens with zero attached hydrogens (tertiary/aromatic N) is 2. The van der Waals surface area contributed by atoms with Gasteiger partial charge < -0.3 is 4.74 Å². The molecule has 0 aliphatic carbocycles. The minimum atomic E-state index is 0.124. The molecule has 4 heteroatoms. The van der Waals surface area contributed by atoms with Crippen molar-refractivity contribution in [2.45, 2.75) is 19.1 Å². The van der Waals surface area contributed by atoms with Crippen molar-refractivity contribution in [3.63, 3.8) is 0 Å². The van der Waals surface area contributed by atoms with E-state index in [2.05, 4.69) is 39.4 Å². The zero-order valence-electron chi connectivity index (χ0n) is 9.34. The molecule has 1 aliphatic rings. The van der Waals surface area contributed by atoms with E-state index in [4.69, 9.17) is 4.74 Å². The van der Waals surface area contributed by atoms with Crippen LogP contribution < -0.4 is 0 Å². The SMILES string of the molecule is Brc1ccc(-c2cnn(C3CCCO3)c2)cc1. The molecule has 17 heavy (non-hydrogen) atoms. The van der Waals surface area contributed by atoms with Crippen molar-refractivity contribution in [1.82, 2.24) is 9.78 Å². The lowest BCUT2D eigenvalue weighted by Gasteiger charge is -2.08. The molecule has 1 fully saturated rings. The van der Waals surface area contributed by atoms with E-state index in [0.29, 0.717) is 0 Å². The van der Waals surface area contributed by atoms with Crippen LogP contribution in [0.4, 0.5) is 0 Å². The normalized spacial score (nSPS) is 19.7. The van der Waals surface area contributed by atoms with Crippen molar-refractivity contribution in [2.75, 3.05) is 6.61 Å². The van der Waals surface area contributed by atoms with Crippen LogP contribution in [0.15, 0.2) is 41.1 Å². The summed E-state index contributed by atoms with van der Waals surface area (Å²) in [5.41, 5.74) is 2.31. The van der Waals surface area contributed by atoms with Gasteiger partial charge in [0, 0.05) is 22.8 Å². The molecule has 2 heterocycles. The first-order valence-electron chi connectivity index (χ1n) is 5.74. The van der Waals surface area contributed by atoms with Gasteiger partial charge in [0.2, 0.25) is 0 Å². The van der Waals surface area contributed by atoms with Gasteiger partial charge in [0.15, 0.2) is 0 Å². The van der Waals surface area contributed by atoms with Crippen LogP contribution in [0.3, 0.4) is 0 Å². The van der Waals surface area contributed by atoms with Crippen LogP contribution >= 0.6 is 15.9 Å². The van der Waals surface area contributed by atoms with Gasteiger partial charge in [-0.25, -0.2) is 4.68 Å². The van der Waals surface area contributed by atoms with Gasteiger partial charge in [0.1, 0.15) is 6.23 Å². The van der Waals surface area contributed by atoms with Crippen LogP contribution in [0.25, 0.3) is 11.1 Å². The lowest BCUT2D eigenvalue weighted by molar-refractivity contribution is 0.0468. The Bertz CT molecular complexity index is 500. The van der Waals surface area contributed by atoms with E-state index < -0.39 is 0 Å². The number of benzene rings is 1. The molecule has 0 amide bonds. The molecule has 1 aromatic heterocycles. The summed E-state index contributed by atoms with van der Waals surface area (Å²) in [6.07, 6.45) is 6.25. The van der Waals surface area contributed by atoms with Crippen LogP contribution in [0.5, 0.6) is 0 Å². The van der Waals surface area contributed by atoms with E-state index >= 15 is 0 Å². The van der Waals surface area contributed by atoms with Crippen molar-refractivity contribution >= 4 is 15.9 Å². The van der Waals surface area contributed by atoms with E-state index in [1.54, 1.807) is 0 Å². The summed E-state index contributed by atoms with van der Waals surface area (Å²) in [6.45, 7) is 0.845. The molecule has 0 spiro atoms. The molecule has 1 aliphatic heterocycles. The van der Waals surface area contributed by atoms with Gasteiger partial charge in [-0.05, 0) is 30.5 Å². The van der Waals surface area contributed by atoms with Crippen molar-refractivity contribution in [3.8, 4) is 11.1 Å². The third-order valence-corrected chi connectivity index (χ3v) is 3.51. The summed E-state index contributed by atoms with van der Waals surface area (Å²) < 4.78 is 8.61. The van der Waals surface area contributed by atoms with E-state index in [0.717, 1.165) is 29.5 Å². The van der Waals surface area contributed by atoms with Crippen molar-refractivity contribution in [3.05, 3.63) is 41.1 Å². The number of halogens is 1.